The summed E-state index contributed by atoms with van der Waals surface area (Å²) >= 11 is 4.86. The highest BCUT2D eigenvalue weighted by Gasteiger charge is 2.25. The maximum absolute atomic E-state index is 12.3. The van der Waals surface area contributed by atoms with Gasteiger partial charge >= 0.3 is 10.2 Å². The predicted molar refractivity (Wildman–Crippen MR) is 82.6 cm³/mol. The third kappa shape index (κ3) is 3.43. The minimum Gasteiger partial charge on any atom is -0.389 e. The fourth-order valence-electron chi connectivity index (χ4n) is 1.43. The number of hydrogen-bond acceptors (Lipinski definition) is 3. The first-order chi connectivity index (χ1) is 8.67. The standard InChI is InChI=1S/C12H19N3O2S2/c1-9(2)14(3)19(16,17)15(4)11-7-5-10(6-8-11)12(13)18/h5-9H,1-4H3,(H2,13,18). The van der Waals surface area contributed by atoms with E-state index >= 15 is 0 Å². The molecule has 0 atom stereocenters. The first-order valence-corrected chi connectivity index (χ1v) is 7.60. The number of rotatable bonds is 5. The van der Waals surface area contributed by atoms with Crippen molar-refractivity contribution in [2.45, 2.75) is 19.9 Å². The van der Waals surface area contributed by atoms with Crippen LogP contribution in [0.1, 0.15) is 19.4 Å². The molecule has 1 aromatic rings. The Balaban J connectivity index is 3.06. The zero-order valence-corrected chi connectivity index (χ0v) is 13.1. The summed E-state index contributed by atoms with van der Waals surface area (Å²) in [4.78, 5) is 0.288. The van der Waals surface area contributed by atoms with Crippen molar-refractivity contribution >= 4 is 33.1 Å². The molecule has 0 fully saturated rings. The first kappa shape index (κ1) is 15.9. The summed E-state index contributed by atoms with van der Waals surface area (Å²) in [5.41, 5.74) is 6.78. The second-order valence-corrected chi connectivity index (χ2v) is 6.96. The monoisotopic (exact) mass is 301 g/mol. The highest BCUT2D eigenvalue weighted by Crippen LogP contribution is 2.19. The number of anilines is 1. The third-order valence-corrected chi connectivity index (χ3v) is 5.24. The van der Waals surface area contributed by atoms with Gasteiger partial charge in [0.05, 0.1) is 5.69 Å². The summed E-state index contributed by atoms with van der Waals surface area (Å²) in [5, 5.41) is 0. The topological polar surface area (TPSA) is 66.6 Å². The fraction of sp³-hybridized carbons (Fsp3) is 0.417. The van der Waals surface area contributed by atoms with Crippen LogP contribution in [0.3, 0.4) is 0 Å². The van der Waals surface area contributed by atoms with Crippen LogP contribution in [-0.2, 0) is 10.2 Å². The molecule has 0 bridgehead atoms. The number of nitrogens with zero attached hydrogens (tertiary/aromatic N) is 2. The molecule has 106 valence electrons. The van der Waals surface area contributed by atoms with Crippen LogP contribution in [-0.4, -0.2) is 37.8 Å². The Morgan fingerprint density at radius 1 is 1.21 bits per heavy atom. The molecule has 0 amide bonds. The molecule has 2 N–H and O–H groups in total. The van der Waals surface area contributed by atoms with E-state index in [-0.39, 0.29) is 11.0 Å². The highest BCUT2D eigenvalue weighted by atomic mass is 32.2. The molecule has 5 nitrogen and oxygen atoms in total. The van der Waals surface area contributed by atoms with Crippen LogP contribution in [0.4, 0.5) is 5.69 Å². The van der Waals surface area contributed by atoms with Gasteiger partial charge in [-0.3, -0.25) is 4.31 Å². The molecule has 0 radical (unpaired) electrons. The quantitative estimate of drug-likeness (QED) is 0.834. The van der Waals surface area contributed by atoms with E-state index in [0.29, 0.717) is 11.3 Å². The lowest BCUT2D eigenvalue weighted by atomic mass is 10.2. The minimum absolute atomic E-state index is 0.108. The molecule has 0 spiro atoms. The van der Waals surface area contributed by atoms with E-state index in [2.05, 4.69) is 0 Å². The predicted octanol–water partition coefficient (Wildman–Crippen LogP) is 1.34. The van der Waals surface area contributed by atoms with Crippen molar-refractivity contribution in [3.8, 4) is 0 Å². The molecule has 7 heteroatoms. The Morgan fingerprint density at radius 2 is 1.68 bits per heavy atom. The maximum Gasteiger partial charge on any atom is 0.303 e. The molecule has 0 saturated carbocycles. The zero-order chi connectivity index (χ0) is 14.8. The van der Waals surface area contributed by atoms with Crippen molar-refractivity contribution in [2.24, 2.45) is 5.73 Å². The Morgan fingerprint density at radius 3 is 2.05 bits per heavy atom. The summed E-state index contributed by atoms with van der Waals surface area (Å²) < 4.78 is 27.1. The molecule has 0 aromatic heterocycles. The van der Waals surface area contributed by atoms with Gasteiger partial charge in [0.2, 0.25) is 0 Å². The van der Waals surface area contributed by atoms with E-state index in [9.17, 15) is 8.42 Å². The molecule has 1 rings (SSSR count). The molecule has 0 unspecified atom stereocenters. The maximum atomic E-state index is 12.3. The van der Waals surface area contributed by atoms with Gasteiger partial charge in [-0.1, -0.05) is 12.2 Å². The first-order valence-electron chi connectivity index (χ1n) is 5.79. The van der Waals surface area contributed by atoms with Gasteiger partial charge in [-0.15, -0.1) is 0 Å². The van der Waals surface area contributed by atoms with Gasteiger partial charge in [0.15, 0.2) is 0 Å². The number of hydrogen-bond donors (Lipinski definition) is 1. The minimum atomic E-state index is -3.52. The highest BCUT2D eigenvalue weighted by molar-refractivity contribution is 7.90. The summed E-state index contributed by atoms with van der Waals surface area (Å²) in [6.45, 7) is 3.64. The number of nitrogens with two attached hydrogens (primary N) is 1. The lowest BCUT2D eigenvalue weighted by Crippen LogP contribution is -2.43. The van der Waals surface area contributed by atoms with Crippen LogP contribution in [0.25, 0.3) is 0 Å². The van der Waals surface area contributed by atoms with Crippen molar-refractivity contribution in [3.63, 3.8) is 0 Å². The van der Waals surface area contributed by atoms with Gasteiger partial charge in [0, 0.05) is 25.7 Å². The van der Waals surface area contributed by atoms with E-state index in [1.807, 2.05) is 13.8 Å². The largest absolute Gasteiger partial charge is 0.389 e. The SMILES string of the molecule is CC(C)N(C)S(=O)(=O)N(C)c1ccc(C(N)=S)cc1. The normalized spacial score (nSPS) is 11.9. The Hall–Kier alpha value is -1.18. The lowest BCUT2D eigenvalue weighted by Gasteiger charge is -2.28. The summed E-state index contributed by atoms with van der Waals surface area (Å²) in [7, 11) is -0.449. The molecular formula is C12H19N3O2S2. The molecule has 0 aliphatic carbocycles. The molecule has 0 aliphatic heterocycles. The van der Waals surface area contributed by atoms with Crippen LogP contribution in [0.5, 0.6) is 0 Å². The van der Waals surface area contributed by atoms with Gasteiger partial charge in [-0.2, -0.15) is 12.7 Å². The van der Waals surface area contributed by atoms with Crippen molar-refractivity contribution < 1.29 is 8.42 Å². The number of benzene rings is 1. The van der Waals surface area contributed by atoms with Gasteiger partial charge in [-0.05, 0) is 38.1 Å². The van der Waals surface area contributed by atoms with E-state index in [1.54, 1.807) is 31.3 Å². The summed E-state index contributed by atoms with van der Waals surface area (Å²) in [5.74, 6) is 0. The van der Waals surface area contributed by atoms with E-state index < -0.39 is 10.2 Å². The Kier molecular flexibility index (Phi) is 4.89. The third-order valence-electron chi connectivity index (χ3n) is 2.95. The van der Waals surface area contributed by atoms with Gasteiger partial charge in [-0.25, -0.2) is 0 Å². The average molecular weight is 301 g/mol. The molecule has 0 saturated heterocycles. The van der Waals surface area contributed by atoms with Crippen LogP contribution in [0.15, 0.2) is 24.3 Å². The smallest absolute Gasteiger partial charge is 0.303 e. The molecule has 1 aromatic carbocycles. The second kappa shape index (κ2) is 5.85. The van der Waals surface area contributed by atoms with Gasteiger partial charge < -0.3 is 5.73 Å². The van der Waals surface area contributed by atoms with Crippen molar-refractivity contribution in [1.29, 1.82) is 0 Å². The molecule has 19 heavy (non-hydrogen) atoms. The van der Waals surface area contributed by atoms with Crippen molar-refractivity contribution in [2.75, 3.05) is 18.4 Å². The van der Waals surface area contributed by atoms with Crippen molar-refractivity contribution in [3.05, 3.63) is 29.8 Å². The van der Waals surface area contributed by atoms with E-state index in [1.165, 1.54) is 15.7 Å². The summed E-state index contributed by atoms with van der Waals surface area (Å²) in [6, 6.07) is 6.67. The molecule has 0 aliphatic rings. The molecular weight excluding hydrogens is 282 g/mol. The van der Waals surface area contributed by atoms with Gasteiger partial charge in [0.25, 0.3) is 0 Å². The second-order valence-electron chi connectivity index (χ2n) is 4.50. The van der Waals surface area contributed by atoms with E-state index in [4.69, 9.17) is 18.0 Å². The van der Waals surface area contributed by atoms with E-state index in [0.717, 1.165) is 0 Å². The molecule has 0 heterocycles. The van der Waals surface area contributed by atoms with Crippen LogP contribution in [0.2, 0.25) is 0 Å². The Bertz CT molecular complexity index is 553. The van der Waals surface area contributed by atoms with Crippen molar-refractivity contribution in [1.82, 2.24) is 4.31 Å². The van der Waals surface area contributed by atoms with Crippen LogP contribution >= 0.6 is 12.2 Å². The van der Waals surface area contributed by atoms with Gasteiger partial charge in [0.1, 0.15) is 4.99 Å². The lowest BCUT2D eigenvalue weighted by molar-refractivity contribution is 0.409. The number of thiocarbonyl (C=S) groups is 1. The zero-order valence-electron chi connectivity index (χ0n) is 11.5. The van der Waals surface area contributed by atoms with Crippen LogP contribution < -0.4 is 10.0 Å². The summed E-state index contributed by atoms with van der Waals surface area (Å²) in [6.07, 6.45) is 0. The average Bonchev–Trinajstić information content (AvgIpc) is 2.36. The Labute approximate surface area is 120 Å². The fourth-order valence-corrected chi connectivity index (χ4v) is 2.87. The van der Waals surface area contributed by atoms with Crippen LogP contribution in [0, 0.1) is 0 Å².